The SMILES string of the molecule is CCC(=O)N(Cc1cccc(OC)c1)CC1CC(c2cccnc2)=NO1. The van der Waals surface area contributed by atoms with Gasteiger partial charge in [0, 0.05) is 37.3 Å². The fraction of sp³-hybridized carbons (Fsp3) is 0.350. The topological polar surface area (TPSA) is 64.0 Å². The Morgan fingerprint density at radius 1 is 1.35 bits per heavy atom. The molecule has 2 aromatic rings. The number of ether oxygens (including phenoxy) is 1. The van der Waals surface area contributed by atoms with E-state index in [0.717, 1.165) is 22.6 Å². The molecule has 0 fully saturated rings. The highest BCUT2D eigenvalue weighted by Crippen LogP contribution is 2.20. The van der Waals surface area contributed by atoms with Gasteiger partial charge in [0.15, 0.2) is 6.10 Å². The third-order valence-electron chi connectivity index (χ3n) is 4.31. The Morgan fingerprint density at radius 3 is 2.96 bits per heavy atom. The lowest BCUT2D eigenvalue weighted by Crippen LogP contribution is -2.36. The second-order valence-corrected chi connectivity index (χ2v) is 6.19. The maximum Gasteiger partial charge on any atom is 0.222 e. The monoisotopic (exact) mass is 353 g/mol. The van der Waals surface area contributed by atoms with Gasteiger partial charge >= 0.3 is 0 Å². The molecule has 6 nitrogen and oxygen atoms in total. The molecule has 0 radical (unpaired) electrons. The minimum atomic E-state index is -0.147. The number of nitrogens with zero attached hydrogens (tertiary/aromatic N) is 3. The van der Waals surface area contributed by atoms with Crippen LogP contribution in [-0.4, -0.2) is 41.3 Å². The van der Waals surface area contributed by atoms with Crippen molar-refractivity contribution in [1.82, 2.24) is 9.88 Å². The molecule has 3 rings (SSSR count). The molecule has 1 aromatic carbocycles. The van der Waals surface area contributed by atoms with Gasteiger partial charge in [0.05, 0.1) is 19.4 Å². The number of hydrogen-bond acceptors (Lipinski definition) is 5. The Morgan fingerprint density at radius 2 is 2.23 bits per heavy atom. The van der Waals surface area contributed by atoms with Crippen molar-refractivity contribution in [1.29, 1.82) is 0 Å². The number of carbonyl (C=O) groups excluding carboxylic acids is 1. The predicted molar refractivity (Wildman–Crippen MR) is 99.0 cm³/mol. The van der Waals surface area contributed by atoms with Gasteiger partial charge < -0.3 is 14.5 Å². The van der Waals surface area contributed by atoms with Gasteiger partial charge in [-0.05, 0) is 29.8 Å². The number of rotatable bonds is 7. The van der Waals surface area contributed by atoms with Crippen LogP contribution in [0.4, 0.5) is 0 Å². The molecule has 0 saturated heterocycles. The minimum absolute atomic E-state index is 0.0891. The van der Waals surface area contributed by atoms with Gasteiger partial charge in [-0.1, -0.05) is 24.2 Å². The average Bonchev–Trinajstić information content (AvgIpc) is 3.16. The van der Waals surface area contributed by atoms with Gasteiger partial charge in [-0.2, -0.15) is 0 Å². The van der Waals surface area contributed by atoms with Crippen LogP contribution in [0, 0.1) is 0 Å². The maximum absolute atomic E-state index is 12.4. The number of oxime groups is 1. The molecule has 0 bridgehead atoms. The van der Waals surface area contributed by atoms with Crippen molar-refractivity contribution in [3.05, 3.63) is 59.9 Å². The first-order chi connectivity index (χ1) is 12.7. The largest absolute Gasteiger partial charge is 0.497 e. The Kier molecular flexibility index (Phi) is 5.84. The van der Waals surface area contributed by atoms with Crippen LogP contribution in [0.15, 0.2) is 53.9 Å². The van der Waals surface area contributed by atoms with Crippen molar-refractivity contribution in [2.24, 2.45) is 5.16 Å². The number of carbonyl (C=O) groups is 1. The summed E-state index contributed by atoms with van der Waals surface area (Å²) in [4.78, 5) is 23.9. The van der Waals surface area contributed by atoms with Crippen molar-refractivity contribution in [3.8, 4) is 5.75 Å². The number of methoxy groups -OCH3 is 1. The summed E-state index contributed by atoms with van der Waals surface area (Å²) in [7, 11) is 1.64. The van der Waals surface area contributed by atoms with E-state index in [2.05, 4.69) is 10.1 Å². The molecule has 26 heavy (non-hydrogen) atoms. The summed E-state index contributed by atoms with van der Waals surface area (Å²) in [5.74, 6) is 0.872. The highest BCUT2D eigenvalue weighted by atomic mass is 16.6. The molecule has 0 saturated carbocycles. The molecule has 1 unspecified atom stereocenters. The normalized spacial score (nSPS) is 15.9. The van der Waals surface area contributed by atoms with Crippen molar-refractivity contribution in [3.63, 3.8) is 0 Å². The van der Waals surface area contributed by atoms with Gasteiger partial charge in [-0.3, -0.25) is 9.78 Å². The van der Waals surface area contributed by atoms with Gasteiger partial charge in [0.2, 0.25) is 5.91 Å². The summed E-state index contributed by atoms with van der Waals surface area (Å²) < 4.78 is 5.27. The molecule has 0 N–H and O–H groups in total. The second kappa shape index (κ2) is 8.47. The first-order valence-electron chi connectivity index (χ1n) is 8.73. The van der Waals surface area contributed by atoms with Crippen molar-refractivity contribution < 1.29 is 14.4 Å². The van der Waals surface area contributed by atoms with E-state index in [1.54, 1.807) is 19.5 Å². The molecule has 0 aliphatic carbocycles. The summed E-state index contributed by atoms with van der Waals surface area (Å²) in [5.41, 5.74) is 2.85. The van der Waals surface area contributed by atoms with Crippen LogP contribution in [0.1, 0.15) is 30.9 Å². The molecular weight excluding hydrogens is 330 g/mol. The van der Waals surface area contributed by atoms with Crippen molar-refractivity contribution >= 4 is 11.6 Å². The average molecular weight is 353 g/mol. The number of benzene rings is 1. The molecule has 1 aliphatic heterocycles. The standard InChI is InChI=1S/C20H23N3O3/c1-3-20(24)23(13-15-6-4-8-17(10-15)25-2)14-18-11-19(22-26-18)16-7-5-9-21-12-16/h4-10,12,18H,3,11,13-14H2,1-2H3. The fourth-order valence-electron chi connectivity index (χ4n) is 2.95. The Balaban J connectivity index is 1.65. The first-order valence-corrected chi connectivity index (χ1v) is 8.73. The molecule has 1 atom stereocenters. The smallest absolute Gasteiger partial charge is 0.222 e. The lowest BCUT2D eigenvalue weighted by Gasteiger charge is -2.24. The van der Waals surface area contributed by atoms with Crippen molar-refractivity contribution in [2.75, 3.05) is 13.7 Å². The number of amides is 1. The first kappa shape index (κ1) is 17.9. The number of aromatic nitrogens is 1. The van der Waals surface area contributed by atoms with Crippen LogP contribution >= 0.6 is 0 Å². The molecule has 6 heteroatoms. The second-order valence-electron chi connectivity index (χ2n) is 6.19. The van der Waals surface area contributed by atoms with E-state index >= 15 is 0 Å². The summed E-state index contributed by atoms with van der Waals surface area (Å²) >= 11 is 0. The van der Waals surface area contributed by atoms with Gasteiger partial charge in [0.25, 0.3) is 0 Å². The lowest BCUT2D eigenvalue weighted by molar-refractivity contribution is -0.133. The third kappa shape index (κ3) is 4.39. The van der Waals surface area contributed by atoms with E-state index < -0.39 is 0 Å². The van der Waals surface area contributed by atoms with E-state index in [0.29, 0.717) is 25.9 Å². The Labute approximate surface area is 153 Å². The Hall–Kier alpha value is -2.89. The van der Waals surface area contributed by atoms with Gasteiger partial charge in [0.1, 0.15) is 5.75 Å². The number of hydrogen-bond donors (Lipinski definition) is 0. The summed E-state index contributed by atoms with van der Waals surface area (Å²) in [6.07, 6.45) is 4.47. The molecule has 1 aliphatic rings. The molecule has 1 amide bonds. The van der Waals surface area contributed by atoms with E-state index in [1.165, 1.54) is 0 Å². The van der Waals surface area contributed by atoms with Crippen LogP contribution in [-0.2, 0) is 16.2 Å². The van der Waals surface area contributed by atoms with Crippen LogP contribution in [0.5, 0.6) is 5.75 Å². The van der Waals surface area contributed by atoms with E-state index in [4.69, 9.17) is 9.57 Å². The van der Waals surface area contributed by atoms with E-state index in [-0.39, 0.29) is 12.0 Å². The van der Waals surface area contributed by atoms with Crippen molar-refractivity contribution in [2.45, 2.75) is 32.4 Å². The molecule has 2 heterocycles. The summed E-state index contributed by atoms with van der Waals surface area (Å²) in [6.45, 7) is 2.89. The molecule has 0 spiro atoms. The van der Waals surface area contributed by atoms with Crippen LogP contribution < -0.4 is 4.74 Å². The molecule has 1 aromatic heterocycles. The quantitative estimate of drug-likeness (QED) is 0.767. The van der Waals surface area contributed by atoms with Gasteiger partial charge in [-0.25, -0.2) is 0 Å². The van der Waals surface area contributed by atoms with Crippen LogP contribution in [0.2, 0.25) is 0 Å². The van der Waals surface area contributed by atoms with E-state index in [9.17, 15) is 4.79 Å². The highest BCUT2D eigenvalue weighted by molar-refractivity contribution is 6.01. The van der Waals surface area contributed by atoms with Crippen LogP contribution in [0.3, 0.4) is 0 Å². The van der Waals surface area contributed by atoms with Crippen LogP contribution in [0.25, 0.3) is 0 Å². The number of pyridine rings is 1. The highest BCUT2D eigenvalue weighted by Gasteiger charge is 2.26. The van der Waals surface area contributed by atoms with E-state index in [1.807, 2.05) is 48.2 Å². The summed E-state index contributed by atoms with van der Waals surface area (Å²) in [6, 6.07) is 11.6. The zero-order chi connectivity index (χ0) is 18.4. The van der Waals surface area contributed by atoms with Gasteiger partial charge in [-0.15, -0.1) is 0 Å². The third-order valence-corrected chi connectivity index (χ3v) is 4.31. The maximum atomic E-state index is 12.4. The fourth-order valence-corrected chi connectivity index (χ4v) is 2.95. The predicted octanol–water partition coefficient (Wildman–Crippen LogP) is 3.02. The molecular formula is C20H23N3O3. The Bertz CT molecular complexity index is 777. The summed E-state index contributed by atoms with van der Waals surface area (Å²) in [5, 5.41) is 4.18. The zero-order valence-corrected chi connectivity index (χ0v) is 15.1. The minimum Gasteiger partial charge on any atom is -0.497 e. The zero-order valence-electron chi connectivity index (χ0n) is 15.1. The lowest BCUT2D eigenvalue weighted by atomic mass is 10.1. The molecule has 136 valence electrons.